The molecular formula is C32H35N5O3. The van der Waals surface area contributed by atoms with E-state index in [-0.39, 0.29) is 24.4 Å². The van der Waals surface area contributed by atoms with Crippen LogP contribution in [-0.4, -0.2) is 59.3 Å². The van der Waals surface area contributed by atoms with Gasteiger partial charge in [0.05, 0.1) is 6.54 Å². The van der Waals surface area contributed by atoms with Crippen LogP contribution in [0.4, 0.5) is 4.79 Å². The Kier molecular flexibility index (Phi) is 8.26. The number of likely N-dealkylation sites (N-methyl/N-ethyl adjacent to an activating group) is 1. The van der Waals surface area contributed by atoms with Gasteiger partial charge < -0.3 is 20.5 Å². The molecule has 0 radical (unpaired) electrons. The number of nitrogens with zero attached hydrogens (tertiary/aromatic N) is 2. The van der Waals surface area contributed by atoms with Crippen molar-refractivity contribution in [2.45, 2.75) is 38.4 Å². The topological polar surface area (TPSA) is 97.5 Å². The maximum atomic E-state index is 13.2. The van der Waals surface area contributed by atoms with E-state index in [1.54, 1.807) is 0 Å². The van der Waals surface area contributed by atoms with Crippen molar-refractivity contribution in [1.29, 1.82) is 0 Å². The second-order valence-electron chi connectivity index (χ2n) is 10.5. The van der Waals surface area contributed by atoms with E-state index in [1.165, 1.54) is 4.90 Å². The minimum atomic E-state index is -0.550. The lowest BCUT2D eigenvalue weighted by Gasteiger charge is -2.13. The van der Waals surface area contributed by atoms with Crippen LogP contribution in [0.2, 0.25) is 0 Å². The molecule has 0 bridgehead atoms. The predicted octanol–water partition coefficient (Wildman–Crippen LogP) is 4.26. The minimum absolute atomic E-state index is 0.131. The molecule has 1 aromatic heterocycles. The third-order valence-corrected chi connectivity index (χ3v) is 7.31. The van der Waals surface area contributed by atoms with E-state index in [0.717, 1.165) is 46.1 Å². The van der Waals surface area contributed by atoms with Gasteiger partial charge in [0.25, 0.3) is 11.8 Å². The van der Waals surface area contributed by atoms with Gasteiger partial charge in [-0.25, -0.2) is 4.79 Å². The van der Waals surface area contributed by atoms with Gasteiger partial charge in [-0.2, -0.15) is 0 Å². The van der Waals surface area contributed by atoms with E-state index < -0.39 is 6.04 Å². The van der Waals surface area contributed by atoms with E-state index in [0.29, 0.717) is 25.1 Å². The van der Waals surface area contributed by atoms with E-state index in [1.807, 2.05) is 86.9 Å². The lowest BCUT2D eigenvalue weighted by molar-refractivity contribution is -0.128. The Labute approximate surface area is 234 Å². The summed E-state index contributed by atoms with van der Waals surface area (Å²) in [6.45, 7) is 1.52. The van der Waals surface area contributed by atoms with Crippen molar-refractivity contribution in [3.8, 4) is 0 Å². The number of urea groups is 1. The molecule has 1 fully saturated rings. The first-order chi connectivity index (χ1) is 19.4. The van der Waals surface area contributed by atoms with Gasteiger partial charge in [-0.15, -0.1) is 0 Å². The van der Waals surface area contributed by atoms with Crippen molar-refractivity contribution in [2.75, 3.05) is 20.6 Å². The number of aryl methyl sites for hydroxylation is 1. The summed E-state index contributed by atoms with van der Waals surface area (Å²) in [5.41, 5.74) is 5.48. The lowest BCUT2D eigenvalue weighted by atomic mass is 10.0. The standard InChI is InChI=1S/C32H35N5O3/c1-36(2)18-17-25-26-19-22(13-15-27(26)34-29(25)30(38)33-20-23-9-5-3-6-10-23)14-16-28-31(39)37(32(40)35-28)21-24-11-7-4-8-12-24/h3-13,15,19,28,34H,14,16-18,20-21H2,1-2H3,(H,33,38)(H,35,40). The number of hydrogen-bond donors (Lipinski definition) is 3. The van der Waals surface area contributed by atoms with Crippen LogP contribution in [0.5, 0.6) is 0 Å². The molecule has 3 N–H and O–H groups in total. The minimum Gasteiger partial charge on any atom is -0.350 e. The number of benzene rings is 3. The van der Waals surface area contributed by atoms with Crippen LogP contribution in [-0.2, 0) is 30.7 Å². The monoisotopic (exact) mass is 537 g/mol. The molecule has 0 aliphatic carbocycles. The first kappa shape index (κ1) is 27.1. The zero-order valence-corrected chi connectivity index (χ0v) is 22.9. The second-order valence-corrected chi connectivity index (χ2v) is 10.5. The van der Waals surface area contributed by atoms with Crippen molar-refractivity contribution >= 4 is 28.7 Å². The number of aromatic nitrogens is 1. The molecule has 40 heavy (non-hydrogen) atoms. The second kappa shape index (κ2) is 12.2. The fourth-order valence-electron chi connectivity index (χ4n) is 5.11. The molecule has 8 heteroatoms. The number of carbonyl (C=O) groups excluding carboxylic acids is 3. The number of hydrogen-bond acceptors (Lipinski definition) is 4. The van der Waals surface area contributed by atoms with Gasteiger partial charge >= 0.3 is 6.03 Å². The lowest BCUT2D eigenvalue weighted by Crippen LogP contribution is -2.31. The van der Waals surface area contributed by atoms with Crippen LogP contribution >= 0.6 is 0 Å². The summed E-state index contributed by atoms with van der Waals surface area (Å²) in [6.07, 6.45) is 1.85. The zero-order chi connectivity index (χ0) is 28.1. The fourth-order valence-corrected chi connectivity index (χ4v) is 5.11. The molecule has 0 spiro atoms. The highest BCUT2D eigenvalue weighted by molar-refractivity contribution is 6.04. The molecule has 4 amide bonds. The summed E-state index contributed by atoms with van der Waals surface area (Å²) in [7, 11) is 4.03. The van der Waals surface area contributed by atoms with Crippen LogP contribution in [0.15, 0.2) is 78.9 Å². The summed E-state index contributed by atoms with van der Waals surface area (Å²) in [5, 5.41) is 6.90. The Morgan fingerprint density at radius 2 is 1.60 bits per heavy atom. The Balaban J connectivity index is 1.30. The zero-order valence-electron chi connectivity index (χ0n) is 22.9. The maximum absolute atomic E-state index is 13.2. The highest BCUT2D eigenvalue weighted by Crippen LogP contribution is 2.26. The number of amides is 4. The molecule has 1 unspecified atom stereocenters. The van der Waals surface area contributed by atoms with Gasteiger partial charge in [-0.05, 0) is 67.7 Å². The number of fused-ring (bicyclic) bond motifs is 1. The number of carbonyl (C=O) groups is 3. The predicted molar refractivity (Wildman–Crippen MR) is 156 cm³/mol. The molecule has 5 rings (SSSR count). The van der Waals surface area contributed by atoms with Crippen molar-refractivity contribution in [1.82, 2.24) is 25.4 Å². The number of H-pyrrole nitrogens is 1. The average molecular weight is 538 g/mol. The first-order valence-corrected chi connectivity index (χ1v) is 13.6. The SMILES string of the molecule is CN(C)CCc1c(C(=O)NCc2ccccc2)[nH]c2ccc(CCC3NC(=O)N(Cc4ccccc4)C3=O)cc12. The third kappa shape index (κ3) is 6.24. The van der Waals surface area contributed by atoms with Crippen molar-refractivity contribution < 1.29 is 14.4 Å². The summed E-state index contributed by atoms with van der Waals surface area (Å²) < 4.78 is 0. The summed E-state index contributed by atoms with van der Waals surface area (Å²) >= 11 is 0. The van der Waals surface area contributed by atoms with Gasteiger partial charge in [0, 0.05) is 24.0 Å². The first-order valence-electron chi connectivity index (χ1n) is 13.6. The number of imide groups is 1. The summed E-state index contributed by atoms with van der Waals surface area (Å²) in [5.74, 6) is -0.325. The normalized spacial score (nSPS) is 15.2. The molecule has 8 nitrogen and oxygen atoms in total. The van der Waals surface area contributed by atoms with E-state index in [9.17, 15) is 14.4 Å². The van der Waals surface area contributed by atoms with Gasteiger partial charge in [-0.1, -0.05) is 66.7 Å². The van der Waals surface area contributed by atoms with Crippen LogP contribution in [0.1, 0.15) is 39.2 Å². The molecule has 206 valence electrons. The van der Waals surface area contributed by atoms with Gasteiger partial charge in [-0.3, -0.25) is 14.5 Å². The van der Waals surface area contributed by atoms with E-state index in [4.69, 9.17) is 0 Å². The Morgan fingerprint density at radius 1 is 0.900 bits per heavy atom. The van der Waals surface area contributed by atoms with E-state index in [2.05, 4.69) is 26.6 Å². The molecule has 2 heterocycles. The quantitative estimate of drug-likeness (QED) is 0.249. The van der Waals surface area contributed by atoms with Crippen molar-refractivity contribution in [2.24, 2.45) is 0 Å². The average Bonchev–Trinajstić information content (AvgIpc) is 3.46. The van der Waals surface area contributed by atoms with Crippen LogP contribution < -0.4 is 10.6 Å². The smallest absolute Gasteiger partial charge is 0.325 e. The van der Waals surface area contributed by atoms with Crippen LogP contribution in [0.3, 0.4) is 0 Å². The Bertz CT molecular complexity index is 1500. The van der Waals surface area contributed by atoms with Gasteiger partial charge in [0.15, 0.2) is 0 Å². The molecule has 4 aromatic rings. The third-order valence-electron chi connectivity index (χ3n) is 7.31. The van der Waals surface area contributed by atoms with E-state index >= 15 is 0 Å². The molecular weight excluding hydrogens is 502 g/mol. The molecule has 3 aromatic carbocycles. The van der Waals surface area contributed by atoms with Crippen LogP contribution in [0.25, 0.3) is 10.9 Å². The molecule has 0 saturated carbocycles. The molecule has 1 saturated heterocycles. The number of rotatable bonds is 11. The van der Waals surface area contributed by atoms with Crippen molar-refractivity contribution in [3.05, 3.63) is 107 Å². The Hall–Kier alpha value is -4.43. The molecule has 1 aliphatic rings. The van der Waals surface area contributed by atoms with Gasteiger partial charge in [0.1, 0.15) is 11.7 Å². The fraction of sp³-hybridized carbons (Fsp3) is 0.281. The highest BCUT2D eigenvalue weighted by Gasteiger charge is 2.37. The molecule has 1 aliphatic heterocycles. The number of nitrogens with one attached hydrogen (secondary N) is 3. The van der Waals surface area contributed by atoms with Gasteiger partial charge in [0.2, 0.25) is 0 Å². The van der Waals surface area contributed by atoms with Crippen molar-refractivity contribution in [3.63, 3.8) is 0 Å². The summed E-state index contributed by atoms with van der Waals surface area (Å²) in [4.78, 5) is 45.5. The summed E-state index contributed by atoms with van der Waals surface area (Å²) in [6, 6.07) is 24.6. The van der Waals surface area contributed by atoms with Crippen LogP contribution in [0, 0.1) is 0 Å². The number of aromatic amines is 1. The Morgan fingerprint density at radius 3 is 2.30 bits per heavy atom. The maximum Gasteiger partial charge on any atom is 0.325 e. The highest BCUT2D eigenvalue weighted by atomic mass is 16.2. The molecule has 1 atom stereocenters. The largest absolute Gasteiger partial charge is 0.350 e.